The number of hydrogen-bond acceptors (Lipinski definition) is 4. The molecule has 1 atom stereocenters. The van der Waals surface area contributed by atoms with E-state index in [2.05, 4.69) is 10.2 Å². The fourth-order valence-corrected chi connectivity index (χ4v) is 5.37. The van der Waals surface area contributed by atoms with Crippen LogP contribution in [0.5, 0.6) is 0 Å². The molecule has 1 aliphatic rings. The molecule has 2 heterocycles. The van der Waals surface area contributed by atoms with Crippen LogP contribution in [0.25, 0.3) is 0 Å². The molecule has 1 aromatic carbocycles. The van der Waals surface area contributed by atoms with E-state index < -0.39 is 15.6 Å². The molecule has 7 heteroatoms. The van der Waals surface area contributed by atoms with Crippen LogP contribution in [-0.4, -0.2) is 41.6 Å². The predicted octanol–water partition coefficient (Wildman–Crippen LogP) is 2.88. The summed E-state index contributed by atoms with van der Waals surface area (Å²) in [6.07, 6.45) is -0.282. The number of nitrogens with one attached hydrogen (secondary N) is 1. The average Bonchev–Trinajstić information content (AvgIpc) is 2.87. The second kappa shape index (κ2) is 6.23. The second-order valence-corrected chi connectivity index (χ2v) is 9.12. The van der Waals surface area contributed by atoms with Gasteiger partial charge in [0, 0.05) is 6.54 Å². The normalized spacial score (nSPS) is 21.4. The lowest BCUT2D eigenvalue weighted by Gasteiger charge is -2.44. The van der Waals surface area contributed by atoms with Crippen LogP contribution in [-0.2, 0) is 14.8 Å². The van der Waals surface area contributed by atoms with Crippen LogP contribution in [0.15, 0.2) is 29.2 Å². The van der Waals surface area contributed by atoms with Crippen molar-refractivity contribution in [2.75, 3.05) is 13.2 Å². The molecule has 2 aromatic rings. The van der Waals surface area contributed by atoms with E-state index in [-0.39, 0.29) is 17.5 Å². The number of benzene rings is 1. The molecule has 3 rings (SSSR count). The molecular formula is C18H25N3O3S. The summed E-state index contributed by atoms with van der Waals surface area (Å²) < 4.78 is 34.2. The molecule has 1 N–H and O–H groups in total. The Morgan fingerprint density at radius 1 is 1.20 bits per heavy atom. The summed E-state index contributed by atoms with van der Waals surface area (Å²) >= 11 is 0. The van der Waals surface area contributed by atoms with Gasteiger partial charge in [-0.15, -0.1) is 0 Å². The van der Waals surface area contributed by atoms with Crippen LogP contribution in [0.3, 0.4) is 0 Å². The van der Waals surface area contributed by atoms with E-state index in [9.17, 15) is 8.42 Å². The van der Waals surface area contributed by atoms with Crippen molar-refractivity contribution >= 4 is 10.0 Å². The number of sulfonamides is 1. The lowest BCUT2D eigenvalue weighted by atomic mass is 10.0. The van der Waals surface area contributed by atoms with E-state index in [1.165, 1.54) is 0 Å². The zero-order valence-corrected chi connectivity index (χ0v) is 16.1. The van der Waals surface area contributed by atoms with Crippen molar-refractivity contribution in [1.82, 2.24) is 14.5 Å². The van der Waals surface area contributed by atoms with E-state index in [1.807, 2.05) is 45.0 Å². The summed E-state index contributed by atoms with van der Waals surface area (Å²) in [6, 6.07) is 8.03. The molecule has 0 spiro atoms. The molecule has 1 saturated heterocycles. The standard InChI is InChI=1S/C18H25N3O3S/c1-12-6-8-15(9-7-12)16-10-21(18(4,5)11-24-16)25(22,23)17-13(2)19-20-14(17)3/h6-9,16H,10-11H2,1-5H3,(H,19,20). The van der Waals surface area contributed by atoms with Gasteiger partial charge in [0.05, 0.1) is 29.6 Å². The minimum atomic E-state index is -3.68. The SMILES string of the molecule is Cc1ccc(C2CN(S(=O)(=O)c3c(C)n[nH]c3C)C(C)(C)CO2)cc1. The molecule has 1 unspecified atom stereocenters. The number of aryl methyl sites for hydroxylation is 3. The third kappa shape index (κ3) is 3.23. The number of ether oxygens (including phenoxy) is 1. The number of rotatable bonds is 3. The number of aromatic nitrogens is 2. The van der Waals surface area contributed by atoms with E-state index in [0.717, 1.165) is 11.1 Å². The van der Waals surface area contributed by atoms with E-state index in [1.54, 1.807) is 18.2 Å². The van der Waals surface area contributed by atoms with Gasteiger partial charge in [-0.25, -0.2) is 8.42 Å². The largest absolute Gasteiger partial charge is 0.370 e. The topological polar surface area (TPSA) is 75.3 Å². The molecule has 25 heavy (non-hydrogen) atoms. The zero-order valence-electron chi connectivity index (χ0n) is 15.3. The van der Waals surface area contributed by atoms with Gasteiger partial charge in [-0.3, -0.25) is 5.10 Å². The van der Waals surface area contributed by atoms with Crippen molar-refractivity contribution < 1.29 is 13.2 Å². The Morgan fingerprint density at radius 2 is 1.84 bits per heavy atom. The van der Waals surface area contributed by atoms with Gasteiger partial charge in [-0.1, -0.05) is 29.8 Å². The number of hydrogen-bond donors (Lipinski definition) is 1. The third-order valence-corrected chi connectivity index (χ3v) is 7.04. The Morgan fingerprint density at radius 3 is 2.40 bits per heavy atom. The first-order valence-corrected chi connectivity index (χ1v) is 9.79. The Hall–Kier alpha value is -1.70. The van der Waals surface area contributed by atoms with Crippen LogP contribution in [0.1, 0.15) is 42.5 Å². The molecule has 1 aliphatic heterocycles. The fourth-order valence-electron chi connectivity index (χ4n) is 3.26. The van der Waals surface area contributed by atoms with Gasteiger partial charge in [0.25, 0.3) is 0 Å². The first kappa shape index (κ1) is 18.1. The van der Waals surface area contributed by atoms with Gasteiger partial charge in [-0.05, 0) is 40.2 Å². The molecule has 0 bridgehead atoms. The summed E-state index contributed by atoms with van der Waals surface area (Å²) in [5, 5.41) is 6.82. The first-order valence-electron chi connectivity index (χ1n) is 8.35. The lowest BCUT2D eigenvalue weighted by molar-refractivity contribution is -0.0655. The van der Waals surface area contributed by atoms with Crippen molar-refractivity contribution in [2.24, 2.45) is 0 Å². The van der Waals surface area contributed by atoms with Crippen LogP contribution >= 0.6 is 0 Å². The monoisotopic (exact) mass is 363 g/mol. The average molecular weight is 363 g/mol. The van der Waals surface area contributed by atoms with Gasteiger partial charge in [-0.2, -0.15) is 9.40 Å². The second-order valence-electron chi connectivity index (χ2n) is 7.32. The summed E-state index contributed by atoms with van der Waals surface area (Å²) in [4.78, 5) is 0.269. The van der Waals surface area contributed by atoms with Gasteiger partial charge in [0.2, 0.25) is 10.0 Å². The summed E-state index contributed by atoms with van der Waals surface area (Å²) in [5.74, 6) is 0. The Kier molecular flexibility index (Phi) is 4.51. The molecule has 0 aliphatic carbocycles. The Balaban J connectivity index is 1.99. The Bertz CT molecular complexity index is 850. The van der Waals surface area contributed by atoms with Crippen LogP contribution < -0.4 is 0 Å². The van der Waals surface area contributed by atoms with Crippen molar-refractivity contribution in [2.45, 2.75) is 51.2 Å². The molecule has 6 nitrogen and oxygen atoms in total. The quantitative estimate of drug-likeness (QED) is 0.910. The summed E-state index contributed by atoms with van der Waals surface area (Å²) in [7, 11) is -3.68. The van der Waals surface area contributed by atoms with Crippen LogP contribution in [0.4, 0.5) is 0 Å². The lowest BCUT2D eigenvalue weighted by Crippen LogP contribution is -2.56. The highest BCUT2D eigenvalue weighted by atomic mass is 32.2. The number of H-pyrrole nitrogens is 1. The molecule has 1 fully saturated rings. The van der Waals surface area contributed by atoms with Gasteiger partial charge in [0.1, 0.15) is 4.90 Å². The van der Waals surface area contributed by atoms with Crippen LogP contribution in [0.2, 0.25) is 0 Å². The number of nitrogens with zero attached hydrogens (tertiary/aromatic N) is 2. The molecule has 0 radical (unpaired) electrons. The summed E-state index contributed by atoms with van der Waals surface area (Å²) in [6.45, 7) is 9.86. The molecule has 0 saturated carbocycles. The van der Waals surface area contributed by atoms with Crippen molar-refractivity contribution in [3.05, 3.63) is 46.8 Å². The van der Waals surface area contributed by atoms with Gasteiger partial charge < -0.3 is 4.74 Å². The molecular weight excluding hydrogens is 338 g/mol. The number of aromatic amines is 1. The third-order valence-electron chi connectivity index (χ3n) is 4.70. The minimum Gasteiger partial charge on any atom is -0.370 e. The van der Waals surface area contributed by atoms with Crippen molar-refractivity contribution in [1.29, 1.82) is 0 Å². The highest BCUT2D eigenvalue weighted by molar-refractivity contribution is 7.89. The maximum absolute atomic E-state index is 13.3. The highest BCUT2D eigenvalue weighted by Gasteiger charge is 2.44. The van der Waals surface area contributed by atoms with Gasteiger partial charge in [0.15, 0.2) is 0 Å². The maximum atomic E-state index is 13.3. The van der Waals surface area contributed by atoms with Gasteiger partial charge >= 0.3 is 0 Å². The minimum absolute atomic E-state index is 0.269. The highest BCUT2D eigenvalue weighted by Crippen LogP contribution is 2.35. The molecule has 0 amide bonds. The first-order chi connectivity index (χ1) is 11.6. The van der Waals surface area contributed by atoms with Crippen LogP contribution in [0, 0.1) is 20.8 Å². The van der Waals surface area contributed by atoms with E-state index in [4.69, 9.17) is 4.74 Å². The smallest absolute Gasteiger partial charge is 0.247 e. The maximum Gasteiger partial charge on any atom is 0.247 e. The van der Waals surface area contributed by atoms with E-state index in [0.29, 0.717) is 18.0 Å². The van der Waals surface area contributed by atoms with Crippen molar-refractivity contribution in [3.8, 4) is 0 Å². The van der Waals surface area contributed by atoms with E-state index >= 15 is 0 Å². The predicted molar refractivity (Wildman–Crippen MR) is 95.9 cm³/mol. The molecule has 136 valence electrons. The Labute approximate surface area is 149 Å². The van der Waals surface area contributed by atoms with Crippen molar-refractivity contribution in [3.63, 3.8) is 0 Å². The summed E-state index contributed by atoms with van der Waals surface area (Å²) in [5.41, 5.74) is 2.57. The number of morpholine rings is 1. The zero-order chi connectivity index (χ0) is 18.4. The molecule has 1 aromatic heterocycles. The fraction of sp³-hybridized carbons (Fsp3) is 0.500.